The van der Waals surface area contributed by atoms with Crippen molar-refractivity contribution in [3.63, 3.8) is 0 Å². The van der Waals surface area contributed by atoms with E-state index in [1.165, 1.54) is 6.42 Å². The van der Waals surface area contributed by atoms with Gasteiger partial charge in [0.15, 0.2) is 0 Å². The predicted molar refractivity (Wildman–Crippen MR) is 109 cm³/mol. The van der Waals surface area contributed by atoms with Crippen molar-refractivity contribution in [1.82, 2.24) is 10.3 Å². The van der Waals surface area contributed by atoms with E-state index in [2.05, 4.69) is 24.1 Å². The molecule has 1 fully saturated rings. The molecule has 1 amide bonds. The number of amides is 1. The maximum absolute atomic E-state index is 12.4. The van der Waals surface area contributed by atoms with Gasteiger partial charge in [0.1, 0.15) is 11.5 Å². The minimum Gasteiger partial charge on any atom is -0.441 e. The van der Waals surface area contributed by atoms with Crippen LogP contribution in [-0.2, 0) is 16.0 Å². The molecule has 1 aromatic heterocycles. The van der Waals surface area contributed by atoms with Gasteiger partial charge in [0.2, 0.25) is 11.8 Å². The average molecular weight is 383 g/mol. The number of ketones is 1. The Morgan fingerprint density at radius 1 is 1.18 bits per heavy atom. The first-order valence-corrected chi connectivity index (χ1v) is 10.2. The van der Waals surface area contributed by atoms with E-state index in [1.807, 2.05) is 38.1 Å². The number of rotatable bonds is 6. The lowest BCUT2D eigenvalue weighted by Crippen LogP contribution is -2.44. The molecular weight excluding hydrogens is 352 g/mol. The summed E-state index contributed by atoms with van der Waals surface area (Å²) in [5, 5.41) is 3.07. The molecule has 1 aromatic carbocycles. The first kappa shape index (κ1) is 20.3. The molecule has 2 aromatic rings. The number of hydrogen-bond donors (Lipinski definition) is 1. The van der Waals surface area contributed by atoms with Gasteiger partial charge >= 0.3 is 0 Å². The summed E-state index contributed by atoms with van der Waals surface area (Å²) >= 11 is 0. The van der Waals surface area contributed by atoms with Gasteiger partial charge in [-0.2, -0.15) is 0 Å². The lowest BCUT2D eigenvalue weighted by molar-refractivity contribution is -0.128. The van der Waals surface area contributed by atoms with Gasteiger partial charge in [-0.15, -0.1) is 0 Å². The van der Waals surface area contributed by atoms with Crippen molar-refractivity contribution in [3.8, 4) is 11.5 Å². The number of nitrogens with one attached hydrogen (secondary N) is 1. The zero-order chi connectivity index (χ0) is 20.3. The van der Waals surface area contributed by atoms with E-state index >= 15 is 0 Å². The molecule has 0 bridgehead atoms. The lowest BCUT2D eigenvalue weighted by Gasteiger charge is -2.34. The molecule has 28 heavy (non-hydrogen) atoms. The molecule has 3 unspecified atom stereocenters. The second kappa shape index (κ2) is 8.72. The summed E-state index contributed by atoms with van der Waals surface area (Å²) in [5.41, 5.74) is 2.59. The number of aromatic nitrogens is 1. The zero-order valence-electron chi connectivity index (χ0n) is 17.2. The molecule has 1 saturated carbocycles. The molecule has 1 aliphatic rings. The van der Waals surface area contributed by atoms with Crippen LogP contribution in [-0.4, -0.2) is 22.7 Å². The van der Waals surface area contributed by atoms with Gasteiger partial charge in [-0.1, -0.05) is 44.9 Å². The van der Waals surface area contributed by atoms with E-state index in [0.29, 0.717) is 29.2 Å². The minimum absolute atomic E-state index is 0.108. The number of nitrogens with zero attached hydrogens (tertiary/aromatic N) is 1. The van der Waals surface area contributed by atoms with Crippen LogP contribution in [0.25, 0.3) is 11.5 Å². The van der Waals surface area contributed by atoms with Gasteiger partial charge in [0.05, 0.1) is 18.5 Å². The average Bonchev–Trinajstić information content (AvgIpc) is 2.99. The molecule has 0 aliphatic heterocycles. The fourth-order valence-corrected chi connectivity index (χ4v) is 3.99. The highest BCUT2D eigenvalue weighted by molar-refractivity contribution is 5.98. The number of carbonyl (C=O) groups is 2. The Kier molecular flexibility index (Phi) is 6.32. The van der Waals surface area contributed by atoms with Crippen LogP contribution in [0.4, 0.5) is 0 Å². The second-order valence-electron chi connectivity index (χ2n) is 8.17. The topological polar surface area (TPSA) is 72.2 Å². The molecule has 1 aliphatic carbocycles. The van der Waals surface area contributed by atoms with Crippen LogP contribution in [0.5, 0.6) is 0 Å². The van der Waals surface area contributed by atoms with Crippen LogP contribution in [0.15, 0.2) is 28.7 Å². The summed E-state index contributed by atoms with van der Waals surface area (Å²) in [6, 6.07) is 8.02. The molecule has 0 spiro atoms. The van der Waals surface area contributed by atoms with E-state index in [-0.39, 0.29) is 30.6 Å². The molecule has 5 nitrogen and oxygen atoms in total. The highest BCUT2D eigenvalue weighted by atomic mass is 16.4. The predicted octanol–water partition coefficient (Wildman–Crippen LogP) is 4.40. The van der Waals surface area contributed by atoms with Crippen molar-refractivity contribution in [2.75, 3.05) is 0 Å². The third kappa shape index (κ3) is 4.70. The zero-order valence-corrected chi connectivity index (χ0v) is 17.2. The van der Waals surface area contributed by atoms with E-state index in [1.54, 1.807) is 0 Å². The highest BCUT2D eigenvalue weighted by Gasteiger charge is 2.28. The highest BCUT2D eigenvalue weighted by Crippen LogP contribution is 2.29. The standard InChI is InChI=1S/C23H30N2O3/c1-14-9-7-11-20(16(14)3)24-22(27)13-18(26)12-21-17(4)28-23(25-21)19-10-6-5-8-15(19)2/h5-6,8,10,14,16,20H,7,9,11-13H2,1-4H3,(H,24,27). The van der Waals surface area contributed by atoms with Crippen molar-refractivity contribution in [2.24, 2.45) is 11.8 Å². The first-order chi connectivity index (χ1) is 13.3. The number of carbonyl (C=O) groups excluding carboxylic acids is 2. The Hall–Kier alpha value is -2.43. The van der Waals surface area contributed by atoms with E-state index in [0.717, 1.165) is 24.0 Å². The second-order valence-corrected chi connectivity index (χ2v) is 8.17. The fourth-order valence-electron chi connectivity index (χ4n) is 3.99. The van der Waals surface area contributed by atoms with Gasteiger partial charge in [-0.05, 0) is 43.7 Å². The Balaban J connectivity index is 1.59. The van der Waals surface area contributed by atoms with Crippen LogP contribution in [0.1, 0.15) is 56.5 Å². The van der Waals surface area contributed by atoms with Gasteiger partial charge in [0, 0.05) is 11.6 Å². The number of oxazole rings is 1. The molecular formula is C23H30N2O3. The molecule has 150 valence electrons. The number of Topliss-reactive ketones (excluding diaryl/α,β-unsaturated/α-hetero) is 1. The maximum atomic E-state index is 12.4. The largest absolute Gasteiger partial charge is 0.441 e. The third-order valence-electron chi connectivity index (χ3n) is 6.04. The monoisotopic (exact) mass is 382 g/mol. The van der Waals surface area contributed by atoms with E-state index in [4.69, 9.17) is 4.42 Å². The maximum Gasteiger partial charge on any atom is 0.227 e. The number of hydrogen-bond acceptors (Lipinski definition) is 4. The molecule has 3 atom stereocenters. The Morgan fingerprint density at radius 3 is 2.68 bits per heavy atom. The quantitative estimate of drug-likeness (QED) is 0.752. The summed E-state index contributed by atoms with van der Waals surface area (Å²) in [4.78, 5) is 29.3. The van der Waals surface area contributed by atoms with E-state index in [9.17, 15) is 9.59 Å². The van der Waals surface area contributed by atoms with Crippen LogP contribution in [0, 0.1) is 25.7 Å². The van der Waals surface area contributed by atoms with E-state index < -0.39 is 0 Å². The summed E-state index contributed by atoms with van der Waals surface area (Å²) in [7, 11) is 0. The molecule has 1 N–H and O–H groups in total. The van der Waals surface area contributed by atoms with Gasteiger partial charge in [-0.3, -0.25) is 9.59 Å². The minimum atomic E-state index is -0.184. The summed E-state index contributed by atoms with van der Waals surface area (Å²) < 4.78 is 5.77. The van der Waals surface area contributed by atoms with Gasteiger partial charge in [-0.25, -0.2) is 4.98 Å². The Morgan fingerprint density at radius 2 is 1.93 bits per heavy atom. The van der Waals surface area contributed by atoms with Crippen LogP contribution >= 0.6 is 0 Å². The van der Waals surface area contributed by atoms with Crippen LogP contribution in [0.3, 0.4) is 0 Å². The molecule has 0 saturated heterocycles. The first-order valence-electron chi connectivity index (χ1n) is 10.2. The molecule has 0 radical (unpaired) electrons. The smallest absolute Gasteiger partial charge is 0.227 e. The van der Waals surface area contributed by atoms with Crippen molar-refractivity contribution < 1.29 is 14.0 Å². The van der Waals surface area contributed by atoms with Crippen molar-refractivity contribution in [2.45, 2.75) is 65.8 Å². The third-order valence-corrected chi connectivity index (χ3v) is 6.04. The fraction of sp³-hybridized carbons (Fsp3) is 0.522. The summed E-state index contributed by atoms with van der Waals surface area (Å²) in [5.74, 6) is 1.88. The normalized spacial score (nSPS) is 22.1. The van der Waals surface area contributed by atoms with Crippen molar-refractivity contribution >= 4 is 11.7 Å². The van der Waals surface area contributed by atoms with Crippen molar-refractivity contribution in [3.05, 3.63) is 41.3 Å². The summed E-state index contributed by atoms with van der Waals surface area (Å²) in [6.45, 7) is 8.22. The van der Waals surface area contributed by atoms with Crippen molar-refractivity contribution in [1.29, 1.82) is 0 Å². The van der Waals surface area contributed by atoms with Gasteiger partial charge in [0.25, 0.3) is 0 Å². The molecule has 1 heterocycles. The number of benzene rings is 1. The van der Waals surface area contributed by atoms with Gasteiger partial charge < -0.3 is 9.73 Å². The Labute approximate surface area is 166 Å². The summed E-state index contributed by atoms with van der Waals surface area (Å²) in [6.07, 6.45) is 3.34. The van der Waals surface area contributed by atoms with Crippen LogP contribution < -0.4 is 5.32 Å². The number of aryl methyl sites for hydroxylation is 2. The molecule has 3 rings (SSSR count). The Bertz CT molecular complexity index is 855. The van der Waals surface area contributed by atoms with Crippen LogP contribution in [0.2, 0.25) is 0 Å². The molecule has 5 heteroatoms. The SMILES string of the molecule is Cc1ccccc1-c1nc(CC(=O)CC(=O)NC2CCCC(C)C2C)c(C)o1. The lowest BCUT2D eigenvalue weighted by atomic mass is 9.78.